The Hall–Kier alpha value is -3.63. The van der Waals surface area contributed by atoms with E-state index in [9.17, 15) is 14.4 Å². The molecule has 3 aromatic carbocycles. The molecule has 0 saturated carbocycles. The monoisotopic (exact) mass is 480 g/mol. The SMILES string of the molecule is COc1cc(/C=C(/C#N)c2cccc(F)c2)cc(Br)c1OCC(=O)Nc1ccccc1. The van der Waals surface area contributed by atoms with Crippen molar-refractivity contribution in [3.8, 4) is 17.6 Å². The van der Waals surface area contributed by atoms with Crippen molar-refractivity contribution in [2.75, 3.05) is 19.0 Å². The van der Waals surface area contributed by atoms with Crippen LogP contribution in [0.2, 0.25) is 0 Å². The standard InChI is InChI=1S/C24H18BrFN2O3/c1-30-22-12-16(10-18(14-27)17-6-5-7-19(26)13-17)11-21(25)24(22)31-15-23(29)28-20-8-3-2-4-9-20/h2-13H,15H2,1H3,(H,28,29)/b18-10-. The third kappa shape index (κ3) is 5.93. The number of benzene rings is 3. The van der Waals surface area contributed by atoms with Gasteiger partial charge in [0, 0.05) is 5.69 Å². The van der Waals surface area contributed by atoms with Crippen LogP contribution in [0.3, 0.4) is 0 Å². The molecule has 0 aromatic heterocycles. The number of ether oxygens (including phenoxy) is 2. The number of allylic oxidation sites excluding steroid dienone is 1. The van der Waals surface area contributed by atoms with Crippen molar-refractivity contribution in [2.24, 2.45) is 0 Å². The lowest BCUT2D eigenvalue weighted by Gasteiger charge is -2.14. The van der Waals surface area contributed by atoms with Crippen molar-refractivity contribution in [1.82, 2.24) is 0 Å². The summed E-state index contributed by atoms with van der Waals surface area (Å²) in [5.74, 6) is -0.00581. The molecule has 1 N–H and O–H groups in total. The van der Waals surface area contributed by atoms with Crippen LogP contribution in [-0.4, -0.2) is 19.6 Å². The minimum absolute atomic E-state index is 0.216. The highest BCUT2D eigenvalue weighted by molar-refractivity contribution is 9.10. The van der Waals surface area contributed by atoms with Gasteiger partial charge in [-0.1, -0.05) is 30.3 Å². The molecule has 31 heavy (non-hydrogen) atoms. The summed E-state index contributed by atoms with van der Waals surface area (Å²) < 4.78 is 25.1. The molecular formula is C24H18BrFN2O3. The summed E-state index contributed by atoms with van der Waals surface area (Å²) in [6.07, 6.45) is 1.62. The highest BCUT2D eigenvalue weighted by Gasteiger charge is 2.14. The number of halogens is 2. The maximum atomic E-state index is 13.5. The number of amides is 1. The van der Waals surface area contributed by atoms with Gasteiger partial charge in [-0.15, -0.1) is 0 Å². The van der Waals surface area contributed by atoms with Crippen LogP contribution < -0.4 is 14.8 Å². The maximum absolute atomic E-state index is 13.5. The van der Waals surface area contributed by atoms with Gasteiger partial charge in [0.2, 0.25) is 0 Å². The first-order chi connectivity index (χ1) is 15.0. The first-order valence-corrected chi connectivity index (χ1v) is 10.0. The van der Waals surface area contributed by atoms with Crippen molar-refractivity contribution in [1.29, 1.82) is 5.26 Å². The zero-order chi connectivity index (χ0) is 22.2. The van der Waals surface area contributed by atoms with Gasteiger partial charge in [0.05, 0.1) is 23.2 Å². The lowest BCUT2D eigenvalue weighted by atomic mass is 10.0. The van der Waals surface area contributed by atoms with E-state index in [2.05, 4.69) is 27.3 Å². The third-order valence-corrected chi connectivity index (χ3v) is 4.81. The number of carbonyl (C=O) groups excluding carboxylic acids is 1. The zero-order valence-corrected chi connectivity index (χ0v) is 18.1. The van der Waals surface area contributed by atoms with Crippen LogP contribution in [-0.2, 0) is 4.79 Å². The van der Waals surface area contributed by atoms with Crippen molar-refractivity contribution in [3.05, 3.63) is 88.1 Å². The van der Waals surface area contributed by atoms with E-state index < -0.39 is 5.82 Å². The zero-order valence-electron chi connectivity index (χ0n) is 16.6. The molecule has 7 heteroatoms. The molecular weight excluding hydrogens is 463 g/mol. The van der Waals surface area contributed by atoms with E-state index in [1.165, 1.54) is 19.2 Å². The lowest BCUT2D eigenvalue weighted by molar-refractivity contribution is -0.118. The van der Waals surface area contributed by atoms with Crippen LogP contribution in [0.25, 0.3) is 11.6 Å². The average molecular weight is 481 g/mol. The molecule has 0 heterocycles. The largest absolute Gasteiger partial charge is 0.493 e. The molecule has 156 valence electrons. The summed E-state index contributed by atoms with van der Waals surface area (Å²) in [5, 5.41) is 12.2. The van der Waals surface area contributed by atoms with Crippen molar-refractivity contribution in [2.45, 2.75) is 0 Å². The van der Waals surface area contributed by atoms with Crippen molar-refractivity contribution < 1.29 is 18.7 Å². The molecule has 3 rings (SSSR count). The lowest BCUT2D eigenvalue weighted by Crippen LogP contribution is -2.20. The second-order valence-corrected chi connectivity index (χ2v) is 7.27. The molecule has 0 aliphatic carbocycles. The van der Waals surface area contributed by atoms with Gasteiger partial charge in [-0.25, -0.2) is 4.39 Å². The highest BCUT2D eigenvalue weighted by atomic mass is 79.9. The van der Waals surface area contributed by atoms with Gasteiger partial charge < -0.3 is 14.8 Å². The molecule has 0 aliphatic rings. The van der Waals surface area contributed by atoms with Crippen LogP contribution in [0.15, 0.2) is 71.2 Å². The predicted molar refractivity (Wildman–Crippen MR) is 121 cm³/mol. The highest BCUT2D eigenvalue weighted by Crippen LogP contribution is 2.37. The number of rotatable bonds is 7. The molecule has 0 fully saturated rings. The van der Waals surface area contributed by atoms with Crippen molar-refractivity contribution in [3.63, 3.8) is 0 Å². The number of nitriles is 1. The van der Waals surface area contributed by atoms with Gasteiger partial charge in [-0.05, 0) is 69.5 Å². The van der Waals surface area contributed by atoms with Crippen LogP contribution in [0, 0.1) is 17.1 Å². The molecule has 0 radical (unpaired) electrons. The smallest absolute Gasteiger partial charge is 0.262 e. The quantitative estimate of drug-likeness (QED) is 0.348. The van der Waals surface area contributed by atoms with Crippen LogP contribution in [0.1, 0.15) is 11.1 Å². The Morgan fingerprint density at radius 2 is 1.94 bits per heavy atom. The van der Waals surface area contributed by atoms with E-state index in [0.29, 0.717) is 38.4 Å². The normalized spacial score (nSPS) is 10.8. The summed E-state index contributed by atoms with van der Waals surface area (Å²) in [6, 6.07) is 20.4. The first-order valence-electron chi connectivity index (χ1n) is 9.23. The maximum Gasteiger partial charge on any atom is 0.262 e. The van der Waals surface area contributed by atoms with E-state index in [1.807, 2.05) is 18.2 Å². The second-order valence-electron chi connectivity index (χ2n) is 6.42. The average Bonchev–Trinajstić information content (AvgIpc) is 2.77. The predicted octanol–water partition coefficient (Wildman–Crippen LogP) is 5.68. The summed E-state index contributed by atoms with van der Waals surface area (Å²) in [6.45, 7) is -0.216. The Bertz CT molecular complexity index is 1160. The van der Waals surface area contributed by atoms with Gasteiger partial charge in [-0.2, -0.15) is 5.26 Å². The van der Waals surface area contributed by atoms with Crippen LogP contribution in [0.4, 0.5) is 10.1 Å². The Balaban J connectivity index is 1.79. The molecule has 0 bridgehead atoms. The van der Waals surface area contributed by atoms with Gasteiger partial charge in [0.25, 0.3) is 5.91 Å². The van der Waals surface area contributed by atoms with Gasteiger partial charge in [0.15, 0.2) is 18.1 Å². The van der Waals surface area contributed by atoms with Gasteiger partial charge in [0.1, 0.15) is 5.82 Å². The number of anilines is 1. The molecule has 0 atom stereocenters. The molecule has 0 saturated heterocycles. The topological polar surface area (TPSA) is 71.3 Å². The van der Waals surface area contributed by atoms with E-state index >= 15 is 0 Å². The number of para-hydroxylation sites is 1. The number of hydrogen-bond donors (Lipinski definition) is 1. The molecule has 0 aliphatic heterocycles. The molecule has 3 aromatic rings. The molecule has 1 amide bonds. The number of nitrogens with zero attached hydrogens (tertiary/aromatic N) is 1. The van der Waals surface area contributed by atoms with E-state index in [-0.39, 0.29) is 12.5 Å². The Labute approximate surface area is 187 Å². The number of hydrogen-bond acceptors (Lipinski definition) is 4. The summed E-state index contributed by atoms with van der Waals surface area (Å²) in [4.78, 5) is 12.2. The fourth-order valence-electron chi connectivity index (χ4n) is 2.82. The third-order valence-electron chi connectivity index (χ3n) is 4.22. The summed E-state index contributed by atoms with van der Waals surface area (Å²) in [5.41, 5.74) is 2.08. The van der Waals surface area contributed by atoms with Gasteiger partial charge in [-0.3, -0.25) is 4.79 Å². The molecule has 0 spiro atoms. The van der Waals surface area contributed by atoms with E-state index in [0.717, 1.165) is 0 Å². The Morgan fingerprint density at radius 1 is 1.16 bits per heavy atom. The first kappa shape index (κ1) is 22.1. The molecule has 0 unspecified atom stereocenters. The minimum atomic E-state index is -0.421. The van der Waals surface area contributed by atoms with Crippen LogP contribution in [0.5, 0.6) is 11.5 Å². The fourth-order valence-corrected chi connectivity index (χ4v) is 3.40. The Kier molecular flexibility index (Phi) is 7.41. The van der Waals surface area contributed by atoms with Crippen LogP contribution >= 0.6 is 15.9 Å². The number of nitrogens with one attached hydrogen (secondary N) is 1. The molecule has 5 nitrogen and oxygen atoms in total. The van der Waals surface area contributed by atoms with Crippen molar-refractivity contribution >= 4 is 39.2 Å². The fraction of sp³-hybridized carbons (Fsp3) is 0.0833. The minimum Gasteiger partial charge on any atom is -0.493 e. The van der Waals surface area contributed by atoms with Gasteiger partial charge >= 0.3 is 0 Å². The summed E-state index contributed by atoms with van der Waals surface area (Å²) >= 11 is 3.43. The Morgan fingerprint density at radius 3 is 2.61 bits per heavy atom. The van der Waals surface area contributed by atoms with E-state index in [1.54, 1.807) is 42.5 Å². The van der Waals surface area contributed by atoms with E-state index in [4.69, 9.17) is 9.47 Å². The summed E-state index contributed by atoms with van der Waals surface area (Å²) in [7, 11) is 1.48. The second kappa shape index (κ2) is 10.4. The number of carbonyl (C=O) groups is 1. The number of methoxy groups -OCH3 is 1.